The maximum absolute atomic E-state index is 5.02. The van der Waals surface area contributed by atoms with Crippen molar-refractivity contribution in [2.45, 2.75) is 6.54 Å². The second-order valence-corrected chi connectivity index (χ2v) is 2.47. The summed E-state index contributed by atoms with van der Waals surface area (Å²) in [5, 5.41) is 10.2. The van der Waals surface area contributed by atoms with Crippen LogP contribution in [0.4, 0.5) is 0 Å². The van der Waals surface area contributed by atoms with Crippen molar-refractivity contribution < 1.29 is 4.42 Å². The highest BCUT2D eigenvalue weighted by atomic mass is 32.1. The highest BCUT2D eigenvalue weighted by molar-refractivity contribution is 7.71. The molecule has 0 amide bonds. The number of nitrogens with zero attached hydrogens (tertiary/aromatic N) is 4. The van der Waals surface area contributed by atoms with E-state index in [0.717, 1.165) is 0 Å². The van der Waals surface area contributed by atoms with Gasteiger partial charge in [-0.2, -0.15) is 5.10 Å². The molecule has 0 bridgehead atoms. The maximum atomic E-state index is 5.02. The van der Waals surface area contributed by atoms with Crippen LogP contribution < -0.4 is 0 Å². The molecular formula is C5H5N5OS. The van der Waals surface area contributed by atoms with Crippen LogP contribution in [0.5, 0.6) is 0 Å². The lowest BCUT2D eigenvalue weighted by Crippen LogP contribution is -1.99. The quantitative estimate of drug-likeness (QED) is 0.681. The van der Waals surface area contributed by atoms with Crippen molar-refractivity contribution in [2.24, 2.45) is 0 Å². The molecule has 0 aliphatic heterocycles. The number of H-pyrrole nitrogens is 1. The Kier molecular flexibility index (Phi) is 1.71. The average molecular weight is 183 g/mol. The molecule has 12 heavy (non-hydrogen) atoms. The van der Waals surface area contributed by atoms with Crippen molar-refractivity contribution in [2.75, 3.05) is 0 Å². The van der Waals surface area contributed by atoms with Gasteiger partial charge < -0.3 is 4.42 Å². The first-order valence-electron chi connectivity index (χ1n) is 3.21. The van der Waals surface area contributed by atoms with Gasteiger partial charge in [0.15, 0.2) is 0 Å². The van der Waals surface area contributed by atoms with E-state index in [9.17, 15) is 0 Å². The molecule has 0 fully saturated rings. The lowest BCUT2D eigenvalue weighted by Gasteiger charge is -1.91. The summed E-state index contributed by atoms with van der Waals surface area (Å²) in [6.07, 6.45) is 3.02. The van der Waals surface area contributed by atoms with Crippen LogP contribution in [-0.4, -0.2) is 25.0 Å². The molecule has 0 aromatic carbocycles. The molecule has 6 nitrogen and oxygen atoms in total. The molecule has 62 valence electrons. The third-order valence-corrected chi connectivity index (χ3v) is 1.42. The average Bonchev–Trinajstić information content (AvgIpc) is 2.63. The van der Waals surface area contributed by atoms with Gasteiger partial charge in [0.25, 0.3) is 4.84 Å². The van der Waals surface area contributed by atoms with Gasteiger partial charge in [0.1, 0.15) is 19.2 Å². The van der Waals surface area contributed by atoms with Gasteiger partial charge in [0.2, 0.25) is 5.89 Å². The number of aromatic amines is 1. The standard InChI is InChI=1S/C5H5N5OS/c12-5-9-8-4(11-5)1-10-3-6-2-7-10/h2-3H,1H2,(H,9,12). The Labute approximate surface area is 72.2 Å². The van der Waals surface area contributed by atoms with Crippen LogP contribution in [0, 0.1) is 4.84 Å². The Balaban J connectivity index is 2.19. The van der Waals surface area contributed by atoms with Gasteiger partial charge in [0, 0.05) is 0 Å². The minimum atomic E-state index is 0.269. The number of aromatic nitrogens is 5. The first-order valence-corrected chi connectivity index (χ1v) is 3.62. The Bertz CT molecular complexity index is 401. The van der Waals surface area contributed by atoms with Gasteiger partial charge in [-0.1, -0.05) is 0 Å². The van der Waals surface area contributed by atoms with Crippen molar-refractivity contribution in [1.29, 1.82) is 0 Å². The van der Waals surface area contributed by atoms with Gasteiger partial charge in [-0.25, -0.2) is 14.8 Å². The van der Waals surface area contributed by atoms with Gasteiger partial charge >= 0.3 is 0 Å². The zero-order valence-corrected chi connectivity index (χ0v) is 6.78. The normalized spacial score (nSPS) is 10.3. The third kappa shape index (κ3) is 1.40. The van der Waals surface area contributed by atoms with Crippen molar-refractivity contribution in [1.82, 2.24) is 25.0 Å². The summed E-state index contributed by atoms with van der Waals surface area (Å²) >= 11 is 4.70. The summed E-state index contributed by atoms with van der Waals surface area (Å²) in [6, 6.07) is 0. The molecule has 0 aliphatic carbocycles. The molecule has 1 N–H and O–H groups in total. The molecule has 0 saturated heterocycles. The zero-order valence-electron chi connectivity index (χ0n) is 5.97. The minimum absolute atomic E-state index is 0.269. The highest BCUT2D eigenvalue weighted by Gasteiger charge is 1.99. The molecule has 0 saturated carbocycles. The summed E-state index contributed by atoms with van der Waals surface area (Å²) in [6.45, 7) is 0.438. The predicted octanol–water partition coefficient (Wildman–Crippen LogP) is 0.372. The smallest absolute Gasteiger partial charge is 0.284 e. The number of rotatable bonds is 2. The van der Waals surface area contributed by atoms with Gasteiger partial charge in [-0.3, -0.25) is 0 Å². The van der Waals surface area contributed by atoms with E-state index in [1.807, 2.05) is 0 Å². The lowest BCUT2D eigenvalue weighted by molar-refractivity contribution is 0.454. The molecule has 0 radical (unpaired) electrons. The molecule has 2 aromatic rings. The minimum Gasteiger partial charge on any atom is -0.412 e. The van der Waals surface area contributed by atoms with E-state index < -0.39 is 0 Å². The SMILES string of the molecule is S=c1[nH]nc(Cn2cncn2)o1. The summed E-state index contributed by atoms with van der Waals surface area (Å²) in [4.78, 5) is 4.04. The van der Waals surface area contributed by atoms with Crippen LogP contribution in [0.25, 0.3) is 0 Å². The van der Waals surface area contributed by atoms with E-state index in [0.29, 0.717) is 12.4 Å². The number of hydrogen-bond donors (Lipinski definition) is 1. The Morgan fingerprint density at radius 2 is 2.58 bits per heavy atom. The summed E-state index contributed by atoms with van der Waals surface area (Å²) in [7, 11) is 0. The van der Waals surface area contributed by atoms with E-state index >= 15 is 0 Å². The van der Waals surface area contributed by atoms with Crippen LogP contribution in [0.15, 0.2) is 17.1 Å². The third-order valence-electron chi connectivity index (χ3n) is 1.25. The second kappa shape index (κ2) is 2.86. The first-order chi connectivity index (χ1) is 5.84. The molecule has 2 aromatic heterocycles. The van der Waals surface area contributed by atoms with Crippen LogP contribution in [0.3, 0.4) is 0 Å². The van der Waals surface area contributed by atoms with Gasteiger partial charge in [0.05, 0.1) is 0 Å². The summed E-state index contributed by atoms with van der Waals surface area (Å²) < 4.78 is 6.61. The van der Waals surface area contributed by atoms with Crippen molar-refractivity contribution in [3.63, 3.8) is 0 Å². The largest absolute Gasteiger partial charge is 0.412 e. The highest BCUT2D eigenvalue weighted by Crippen LogP contribution is 1.96. The lowest BCUT2D eigenvalue weighted by atomic mass is 10.6. The Morgan fingerprint density at radius 1 is 1.67 bits per heavy atom. The monoisotopic (exact) mass is 183 g/mol. The maximum Gasteiger partial charge on any atom is 0.284 e. The molecule has 0 atom stereocenters. The summed E-state index contributed by atoms with van der Waals surface area (Å²) in [5.74, 6) is 0.491. The fourth-order valence-electron chi connectivity index (χ4n) is 0.781. The van der Waals surface area contributed by atoms with E-state index in [1.165, 1.54) is 6.33 Å². The fourth-order valence-corrected chi connectivity index (χ4v) is 0.923. The number of nitrogens with one attached hydrogen (secondary N) is 1. The molecule has 0 unspecified atom stereocenters. The Morgan fingerprint density at radius 3 is 3.17 bits per heavy atom. The van der Waals surface area contributed by atoms with E-state index in [-0.39, 0.29) is 4.84 Å². The molecule has 7 heteroatoms. The molecule has 0 aliphatic rings. The Hall–Kier alpha value is -1.50. The van der Waals surface area contributed by atoms with E-state index in [2.05, 4.69) is 20.3 Å². The van der Waals surface area contributed by atoms with Crippen molar-refractivity contribution >= 4 is 12.2 Å². The number of hydrogen-bond acceptors (Lipinski definition) is 5. The van der Waals surface area contributed by atoms with Crippen molar-refractivity contribution in [3.8, 4) is 0 Å². The molecule has 2 heterocycles. The second-order valence-electron chi connectivity index (χ2n) is 2.10. The van der Waals surface area contributed by atoms with Gasteiger partial charge in [-0.05, 0) is 12.2 Å². The zero-order chi connectivity index (χ0) is 8.39. The first kappa shape index (κ1) is 7.17. The topological polar surface area (TPSA) is 72.5 Å². The molecule has 2 rings (SSSR count). The molecular weight excluding hydrogens is 178 g/mol. The molecule has 0 spiro atoms. The van der Waals surface area contributed by atoms with Crippen LogP contribution in [-0.2, 0) is 6.54 Å². The van der Waals surface area contributed by atoms with Crippen LogP contribution in [0.1, 0.15) is 5.89 Å². The van der Waals surface area contributed by atoms with Crippen LogP contribution in [0.2, 0.25) is 0 Å². The fraction of sp³-hybridized carbons (Fsp3) is 0.200. The van der Waals surface area contributed by atoms with Crippen LogP contribution >= 0.6 is 12.2 Å². The van der Waals surface area contributed by atoms with Crippen molar-refractivity contribution in [3.05, 3.63) is 23.4 Å². The predicted molar refractivity (Wildman–Crippen MR) is 40.8 cm³/mol. The van der Waals surface area contributed by atoms with E-state index in [4.69, 9.17) is 16.6 Å². The van der Waals surface area contributed by atoms with E-state index in [1.54, 1.807) is 11.0 Å². The summed E-state index contributed by atoms with van der Waals surface area (Å²) in [5.41, 5.74) is 0. The van der Waals surface area contributed by atoms with Gasteiger partial charge in [-0.15, -0.1) is 5.10 Å².